The van der Waals surface area contributed by atoms with Crippen LogP contribution in [-0.4, -0.2) is 28.6 Å². The molecule has 0 N–H and O–H groups in total. The summed E-state index contributed by atoms with van der Waals surface area (Å²) in [5.74, 6) is 0. The van der Waals surface area contributed by atoms with Crippen LogP contribution in [0.4, 0.5) is 0 Å². The summed E-state index contributed by atoms with van der Waals surface area (Å²) in [6.45, 7) is 5.57. The average molecular weight is 409 g/mol. The Morgan fingerprint density at radius 1 is 0.926 bits per heavy atom. The zero-order valence-electron chi connectivity index (χ0n) is 15.3. The number of rotatable bonds is 8. The van der Waals surface area contributed by atoms with E-state index in [-0.39, 0.29) is 5.69 Å². The summed E-state index contributed by atoms with van der Waals surface area (Å²) in [6.07, 6.45) is -0.470. The standard InChI is InChI=1S/C20H22Cl2N2O3/c1-3-26-19(27-4-2)13-24-18-8-6-5-7-17(18)23(20(24)25)12-14-9-10-15(21)16(22)11-14/h5-11,19H,3-4,12-13H2,1-2H3. The van der Waals surface area contributed by atoms with E-state index < -0.39 is 6.29 Å². The highest BCUT2D eigenvalue weighted by molar-refractivity contribution is 6.42. The highest BCUT2D eigenvalue weighted by Gasteiger charge is 2.17. The van der Waals surface area contributed by atoms with Crippen molar-refractivity contribution in [2.45, 2.75) is 33.2 Å². The van der Waals surface area contributed by atoms with Crippen LogP contribution in [0.1, 0.15) is 19.4 Å². The van der Waals surface area contributed by atoms with Gasteiger partial charge in [0.1, 0.15) is 0 Å². The molecule has 144 valence electrons. The molecular weight excluding hydrogens is 387 g/mol. The van der Waals surface area contributed by atoms with Crippen LogP contribution in [0.15, 0.2) is 47.3 Å². The van der Waals surface area contributed by atoms with Crippen LogP contribution < -0.4 is 5.69 Å². The Bertz CT molecular complexity index is 975. The van der Waals surface area contributed by atoms with E-state index in [0.29, 0.717) is 36.3 Å². The Morgan fingerprint density at radius 3 is 2.15 bits per heavy atom. The molecule has 5 nitrogen and oxygen atoms in total. The van der Waals surface area contributed by atoms with Gasteiger partial charge in [-0.1, -0.05) is 41.4 Å². The number of benzene rings is 2. The molecule has 0 spiro atoms. The summed E-state index contributed by atoms with van der Waals surface area (Å²) in [6, 6.07) is 13.1. The van der Waals surface area contributed by atoms with Crippen molar-refractivity contribution in [3.63, 3.8) is 0 Å². The van der Waals surface area contributed by atoms with Gasteiger partial charge in [-0.15, -0.1) is 0 Å². The predicted octanol–water partition coefficient (Wildman–Crippen LogP) is 4.56. The lowest BCUT2D eigenvalue weighted by atomic mass is 10.2. The summed E-state index contributed by atoms with van der Waals surface area (Å²) in [7, 11) is 0. The van der Waals surface area contributed by atoms with E-state index in [1.807, 2.05) is 44.2 Å². The van der Waals surface area contributed by atoms with Crippen molar-refractivity contribution >= 4 is 34.2 Å². The van der Waals surface area contributed by atoms with Crippen LogP contribution in [0, 0.1) is 0 Å². The van der Waals surface area contributed by atoms with Crippen molar-refractivity contribution in [2.75, 3.05) is 13.2 Å². The number of fused-ring (bicyclic) bond motifs is 1. The Balaban J connectivity index is 2.02. The smallest absolute Gasteiger partial charge is 0.329 e. The molecule has 0 bridgehead atoms. The number of ether oxygens (including phenoxy) is 2. The SMILES string of the molecule is CCOC(Cn1c(=O)n(Cc2ccc(Cl)c(Cl)c2)c2ccccc21)OCC. The molecule has 3 rings (SSSR count). The molecule has 3 aromatic rings. The first-order chi connectivity index (χ1) is 13.0. The first-order valence-electron chi connectivity index (χ1n) is 8.90. The molecule has 0 atom stereocenters. The molecule has 0 radical (unpaired) electrons. The van der Waals surface area contributed by atoms with E-state index in [2.05, 4.69) is 0 Å². The molecule has 0 amide bonds. The van der Waals surface area contributed by atoms with Crippen LogP contribution in [0.5, 0.6) is 0 Å². The summed E-state index contributed by atoms with van der Waals surface area (Å²) < 4.78 is 14.7. The predicted molar refractivity (Wildman–Crippen MR) is 109 cm³/mol. The molecular formula is C20H22Cl2N2O3. The average Bonchev–Trinajstić information content (AvgIpc) is 2.91. The number of hydrogen-bond acceptors (Lipinski definition) is 3. The van der Waals surface area contributed by atoms with Crippen LogP contribution in [0.3, 0.4) is 0 Å². The minimum absolute atomic E-state index is 0.119. The van der Waals surface area contributed by atoms with Gasteiger partial charge in [0.2, 0.25) is 0 Å². The molecule has 7 heteroatoms. The van der Waals surface area contributed by atoms with E-state index in [0.717, 1.165) is 16.6 Å². The van der Waals surface area contributed by atoms with E-state index in [9.17, 15) is 4.79 Å². The lowest BCUT2D eigenvalue weighted by Gasteiger charge is -2.17. The van der Waals surface area contributed by atoms with Gasteiger partial charge in [-0.3, -0.25) is 9.13 Å². The number of aromatic nitrogens is 2. The van der Waals surface area contributed by atoms with Crippen molar-refractivity contribution in [1.29, 1.82) is 0 Å². The third-order valence-electron chi connectivity index (χ3n) is 4.29. The maximum atomic E-state index is 13.1. The number of hydrogen-bond donors (Lipinski definition) is 0. The topological polar surface area (TPSA) is 45.4 Å². The lowest BCUT2D eigenvalue weighted by molar-refractivity contribution is -0.143. The van der Waals surface area contributed by atoms with Crippen molar-refractivity contribution in [2.24, 2.45) is 0 Å². The fraction of sp³-hybridized carbons (Fsp3) is 0.350. The van der Waals surface area contributed by atoms with Gasteiger partial charge < -0.3 is 9.47 Å². The minimum Gasteiger partial charge on any atom is -0.351 e. The normalized spacial score (nSPS) is 11.6. The van der Waals surface area contributed by atoms with E-state index >= 15 is 0 Å². The van der Waals surface area contributed by atoms with Gasteiger partial charge in [0.15, 0.2) is 6.29 Å². The molecule has 1 heterocycles. The van der Waals surface area contributed by atoms with Crippen molar-refractivity contribution in [3.05, 3.63) is 68.6 Å². The third-order valence-corrected chi connectivity index (χ3v) is 5.03. The van der Waals surface area contributed by atoms with Gasteiger partial charge >= 0.3 is 5.69 Å². The van der Waals surface area contributed by atoms with Crippen LogP contribution in [0.25, 0.3) is 11.0 Å². The molecule has 1 aromatic heterocycles. The first kappa shape index (κ1) is 20.0. The molecule has 2 aromatic carbocycles. The Kier molecular flexibility index (Phi) is 6.60. The number of nitrogens with zero attached hydrogens (tertiary/aromatic N) is 2. The number of imidazole rings is 1. The Labute approximate surface area is 168 Å². The number of halogens is 2. The molecule has 27 heavy (non-hydrogen) atoms. The molecule has 0 unspecified atom stereocenters. The van der Waals surface area contributed by atoms with Gasteiger partial charge in [0, 0.05) is 13.2 Å². The van der Waals surface area contributed by atoms with Crippen LogP contribution in [0.2, 0.25) is 10.0 Å². The summed E-state index contributed by atoms with van der Waals surface area (Å²) in [4.78, 5) is 13.1. The monoisotopic (exact) mass is 408 g/mol. The van der Waals surface area contributed by atoms with Crippen molar-refractivity contribution < 1.29 is 9.47 Å². The Morgan fingerprint density at radius 2 is 1.56 bits per heavy atom. The molecule has 0 aliphatic heterocycles. The zero-order chi connectivity index (χ0) is 19.4. The summed E-state index contributed by atoms with van der Waals surface area (Å²) in [5.41, 5.74) is 2.47. The third kappa shape index (κ3) is 4.38. The molecule has 0 saturated carbocycles. The maximum absolute atomic E-state index is 13.1. The maximum Gasteiger partial charge on any atom is 0.329 e. The fourth-order valence-electron chi connectivity index (χ4n) is 3.10. The second-order valence-corrected chi connectivity index (χ2v) is 6.87. The van der Waals surface area contributed by atoms with Gasteiger partial charge in [0.25, 0.3) is 0 Å². The highest BCUT2D eigenvalue weighted by Crippen LogP contribution is 2.23. The quantitative estimate of drug-likeness (QED) is 0.513. The molecule has 0 fully saturated rings. The molecule has 0 aliphatic rings. The van der Waals surface area contributed by atoms with Crippen molar-refractivity contribution in [3.8, 4) is 0 Å². The number of para-hydroxylation sites is 2. The first-order valence-corrected chi connectivity index (χ1v) is 9.66. The van der Waals surface area contributed by atoms with E-state index in [1.165, 1.54) is 0 Å². The molecule has 0 saturated heterocycles. The second-order valence-electron chi connectivity index (χ2n) is 6.06. The Hall–Kier alpha value is -1.79. The highest BCUT2D eigenvalue weighted by atomic mass is 35.5. The summed E-state index contributed by atoms with van der Waals surface area (Å²) >= 11 is 12.1. The van der Waals surface area contributed by atoms with Crippen molar-refractivity contribution in [1.82, 2.24) is 9.13 Å². The van der Waals surface area contributed by atoms with Gasteiger partial charge in [0.05, 0.1) is 34.2 Å². The van der Waals surface area contributed by atoms with E-state index in [1.54, 1.807) is 21.3 Å². The molecule has 0 aliphatic carbocycles. The minimum atomic E-state index is -0.470. The van der Waals surface area contributed by atoms with Gasteiger partial charge in [-0.2, -0.15) is 0 Å². The van der Waals surface area contributed by atoms with Gasteiger partial charge in [-0.05, 0) is 43.7 Å². The second kappa shape index (κ2) is 8.93. The van der Waals surface area contributed by atoms with Crippen LogP contribution >= 0.6 is 23.2 Å². The fourth-order valence-corrected chi connectivity index (χ4v) is 3.42. The zero-order valence-corrected chi connectivity index (χ0v) is 16.8. The largest absolute Gasteiger partial charge is 0.351 e. The lowest BCUT2D eigenvalue weighted by Crippen LogP contribution is -2.31. The van der Waals surface area contributed by atoms with E-state index in [4.69, 9.17) is 32.7 Å². The summed E-state index contributed by atoms with van der Waals surface area (Å²) in [5, 5.41) is 0.963. The van der Waals surface area contributed by atoms with Gasteiger partial charge in [-0.25, -0.2) is 4.79 Å². The van der Waals surface area contributed by atoms with Crippen LogP contribution in [-0.2, 0) is 22.6 Å².